The number of thioether (sulfide) groups is 1. The maximum Gasteiger partial charge on any atom is 0.232 e. The molecule has 0 spiro atoms. The van der Waals surface area contributed by atoms with Gasteiger partial charge in [-0.1, -0.05) is 35.1 Å². The number of aromatic nitrogens is 3. The van der Waals surface area contributed by atoms with E-state index in [1.165, 1.54) is 11.8 Å². The first-order chi connectivity index (χ1) is 13.1. The van der Waals surface area contributed by atoms with Gasteiger partial charge < -0.3 is 19.9 Å². The van der Waals surface area contributed by atoms with Gasteiger partial charge in [0, 0.05) is 22.4 Å². The van der Waals surface area contributed by atoms with E-state index in [9.17, 15) is 0 Å². The molecule has 1 aliphatic rings. The maximum absolute atomic E-state index is 6.32. The van der Waals surface area contributed by atoms with E-state index in [0.717, 1.165) is 15.9 Å². The average molecular weight is 446 g/mol. The van der Waals surface area contributed by atoms with E-state index in [4.69, 9.17) is 15.0 Å². The van der Waals surface area contributed by atoms with Gasteiger partial charge in [-0.15, -0.1) is 0 Å². The number of nitrogens with zero attached hydrogens (tertiary/aromatic N) is 4. The minimum atomic E-state index is -0.323. The molecule has 2 N–H and O–H groups in total. The van der Waals surface area contributed by atoms with E-state index in [1.807, 2.05) is 46.7 Å². The number of hydrogen-bond acceptors (Lipinski definition) is 8. The van der Waals surface area contributed by atoms with E-state index in [-0.39, 0.29) is 5.50 Å². The van der Waals surface area contributed by atoms with E-state index >= 15 is 0 Å². The number of hydrogen-bond donors (Lipinski definition) is 1. The van der Waals surface area contributed by atoms with Crippen LogP contribution in [-0.2, 0) is 6.42 Å². The first kappa shape index (κ1) is 18.0. The lowest BCUT2D eigenvalue weighted by Gasteiger charge is -2.26. The molecule has 7 nitrogen and oxygen atoms in total. The van der Waals surface area contributed by atoms with Crippen molar-refractivity contribution in [2.45, 2.75) is 18.8 Å². The van der Waals surface area contributed by atoms with Gasteiger partial charge in [0.15, 0.2) is 17.4 Å². The van der Waals surface area contributed by atoms with Gasteiger partial charge in [-0.3, -0.25) is 0 Å². The topological polar surface area (TPSA) is 90.3 Å². The number of benzene rings is 1. The third-order valence-corrected chi connectivity index (χ3v) is 5.14. The standard InChI is InChI=1S/C18H16BrN5O2S/c1-11-22-16(26-23-11)8-13-10-27-18(20)24(13)17-15(7-12(19)9-21-17)25-14-5-3-2-4-6-14/h2-7,9-10,18H,8,20H2,1H3. The largest absolute Gasteiger partial charge is 0.453 e. The lowest BCUT2D eigenvalue weighted by Crippen LogP contribution is -2.36. The van der Waals surface area contributed by atoms with E-state index in [0.29, 0.717) is 29.7 Å². The summed E-state index contributed by atoms with van der Waals surface area (Å²) in [7, 11) is 0. The predicted molar refractivity (Wildman–Crippen MR) is 107 cm³/mol. The van der Waals surface area contributed by atoms with Gasteiger partial charge in [0.05, 0.1) is 6.42 Å². The Morgan fingerprint density at radius 3 is 2.89 bits per heavy atom. The van der Waals surface area contributed by atoms with Crippen molar-refractivity contribution in [3.63, 3.8) is 0 Å². The first-order valence-electron chi connectivity index (χ1n) is 8.17. The van der Waals surface area contributed by atoms with E-state index in [1.54, 1.807) is 13.1 Å². The number of nitrogens with two attached hydrogens (primary N) is 1. The Labute approximate surface area is 168 Å². The second kappa shape index (κ2) is 7.71. The molecule has 0 bridgehead atoms. The van der Waals surface area contributed by atoms with Gasteiger partial charge in [-0.25, -0.2) is 4.98 Å². The normalized spacial score (nSPS) is 16.5. The van der Waals surface area contributed by atoms with Crippen LogP contribution in [0.2, 0.25) is 0 Å². The van der Waals surface area contributed by atoms with Crippen molar-refractivity contribution < 1.29 is 9.26 Å². The number of anilines is 1. The highest BCUT2D eigenvalue weighted by Crippen LogP contribution is 2.40. The predicted octanol–water partition coefficient (Wildman–Crippen LogP) is 4.21. The third-order valence-electron chi connectivity index (χ3n) is 3.81. The second-order valence-corrected chi connectivity index (χ2v) is 7.71. The minimum Gasteiger partial charge on any atom is -0.453 e. The fraction of sp³-hybridized carbons (Fsp3) is 0.167. The fourth-order valence-corrected chi connectivity index (χ4v) is 3.83. The highest BCUT2D eigenvalue weighted by atomic mass is 79.9. The van der Waals surface area contributed by atoms with Crippen molar-refractivity contribution in [1.29, 1.82) is 0 Å². The number of para-hydroxylation sites is 1. The Hall–Kier alpha value is -2.36. The van der Waals surface area contributed by atoms with Gasteiger partial charge >= 0.3 is 0 Å². The highest BCUT2D eigenvalue weighted by molar-refractivity contribution is 9.10. The summed E-state index contributed by atoms with van der Waals surface area (Å²) in [5, 5.41) is 5.83. The molecule has 0 saturated heterocycles. The number of ether oxygens (including phenoxy) is 1. The molecule has 0 amide bonds. The van der Waals surface area contributed by atoms with Crippen LogP contribution in [0.5, 0.6) is 11.5 Å². The van der Waals surface area contributed by atoms with Crippen LogP contribution in [0.25, 0.3) is 0 Å². The number of aryl methyl sites for hydroxylation is 1. The third kappa shape index (κ3) is 4.00. The van der Waals surface area contributed by atoms with Crippen molar-refractivity contribution in [2.75, 3.05) is 4.90 Å². The molecular formula is C18H16BrN5O2S. The minimum absolute atomic E-state index is 0.323. The zero-order valence-corrected chi connectivity index (χ0v) is 16.8. The second-order valence-electron chi connectivity index (χ2n) is 5.81. The van der Waals surface area contributed by atoms with Gasteiger partial charge in [0.2, 0.25) is 5.89 Å². The Balaban J connectivity index is 1.67. The Kier molecular flexibility index (Phi) is 5.15. The van der Waals surface area contributed by atoms with Crippen LogP contribution in [-0.4, -0.2) is 20.6 Å². The molecule has 1 aliphatic heterocycles. The van der Waals surface area contributed by atoms with Gasteiger partial charge in [0.1, 0.15) is 11.2 Å². The molecule has 1 unspecified atom stereocenters. The first-order valence-corrected chi connectivity index (χ1v) is 9.91. The van der Waals surface area contributed by atoms with Crippen LogP contribution < -0.4 is 15.4 Å². The molecule has 0 aliphatic carbocycles. The van der Waals surface area contributed by atoms with Crippen LogP contribution in [0, 0.1) is 6.92 Å². The van der Waals surface area contributed by atoms with Gasteiger partial charge in [0.25, 0.3) is 0 Å². The van der Waals surface area contributed by atoms with Crippen molar-refractivity contribution in [2.24, 2.45) is 5.73 Å². The van der Waals surface area contributed by atoms with Crippen LogP contribution in [0.3, 0.4) is 0 Å². The summed E-state index contributed by atoms with van der Waals surface area (Å²) in [4.78, 5) is 10.8. The Morgan fingerprint density at radius 1 is 1.33 bits per heavy atom. The van der Waals surface area contributed by atoms with Crippen LogP contribution in [0.15, 0.2) is 62.7 Å². The summed E-state index contributed by atoms with van der Waals surface area (Å²) in [6.07, 6.45) is 2.18. The highest BCUT2D eigenvalue weighted by Gasteiger charge is 2.30. The molecule has 0 fully saturated rings. The summed E-state index contributed by atoms with van der Waals surface area (Å²) in [6, 6.07) is 11.4. The molecule has 2 aromatic heterocycles. The number of pyridine rings is 1. The zero-order valence-electron chi connectivity index (χ0n) is 14.4. The smallest absolute Gasteiger partial charge is 0.232 e. The number of rotatable bonds is 5. The van der Waals surface area contributed by atoms with Crippen LogP contribution in [0.1, 0.15) is 11.7 Å². The van der Waals surface area contributed by atoms with Gasteiger partial charge in [-0.2, -0.15) is 4.98 Å². The van der Waals surface area contributed by atoms with Crippen molar-refractivity contribution in [1.82, 2.24) is 15.1 Å². The SMILES string of the molecule is Cc1noc(CC2=CSC(N)N2c2ncc(Br)cc2Oc2ccccc2)n1. The average Bonchev–Trinajstić information content (AvgIpc) is 3.22. The van der Waals surface area contributed by atoms with Gasteiger partial charge in [-0.05, 0) is 40.4 Å². The molecule has 1 aromatic carbocycles. The lowest BCUT2D eigenvalue weighted by atomic mass is 10.3. The van der Waals surface area contributed by atoms with E-state index < -0.39 is 0 Å². The zero-order chi connectivity index (χ0) is 18.8. The number of halogens is 1. The molecule has 4 rings (SSSR count). The number of allylic oxidation sites excluding steroid dienone is 1. The van der Waals surface area contributed by atoms with Crippen molar-refractivity contribution in [3.05, 3.63) is 69.9 Å². The molecular weight excluding hydrogens is 430 g/mol. The monoisotopic (exact) mass is 445 g/mol. The summed E-state index contributed by atoms with van der Waals surface area (Å²) in [5.74, 6) is 3.07. The van der Waals surface area contributed by atoms with Crippen LogP contribution >= 0.6 is 27.7 Å². The summed E-state index contributed by atoms with van der Waals surface area (Å²) in [6.45, 7) is 1.79. The molecule has 27 heavy (non-hydrogen) atoms. The fourth-order valence-electron chi connectivity index (χ4n) is 2.66. The van der Waals surface area contributed by atoms with E-state index in [2.05, 4.69) is 31.1 Å². The molecule has 0 radical (unpaired) electrons. The van der Waals surface area contributed by atoms with Crippen LogP contribution in [0.4, 0.5) is 5.82 Å². The molecule has 138 valence electrons. The maximum atomic E-state index is 6.32. The van der Waals surface area contributed by atoms with Crippen molar-refractivity contribution in [3.8, 4) is 11.5 Å². The molecule has 9 heteroatoms. The summed E-state index contributed by atoms with van der Waals surface area (Å²) >= 11 is 4.96. The Bertz CT molecular complexity index is 979. The lowest BCUT2D eigenvalue weighted by molar-refractivity contribution is 0.379. The van der Waals surface area contributed by atoms with Crippen molar-refractivity contribution >= 4 is 33.5 Å². The quantitative estimate of drug-likeness (QED) is 0.624. The molecule has 3 aromatic rings. The molecule has 1 atom stereocenters. The Morgan fingerprint density at radius 2 is 2.15 bits per heavy atom. The molecule has 0 saturated carbocycles. The molecule has 3 heterocycles. The summed E-state index contributed by atoms with van der Waals surface area (Å²) in [5.41, 5.74) is 6.92. The summed E-state index contributed by atoms with van der Waals surface area (Å²) < 4.78 is 12.1.